The molecule has 0 bridgehead atoms. The molecule has 0 fully saturated rings. The van der Waals surface area contributed by atoms with Crippen LogP contribution in [-0.2, 0) is 9.53 Å². The Kier molecular flexibility index (Phi) is 6.98. The molecule has 6 heteroatoms. The number of anilines is 1. The van der Waals surface area contributed by atoms with E-state index < -0.39 is 17.7 Å². The van der Waals surface area contributed by atoms with Crippen LogP contribution in [0.1, 0.15) is 44.0 Å². The summed E-state index contributed by atoms with van der Waals surface area (Å²) in [6.07, 6.45) is 1.04. The molecular formula is C16H22FNO4. The van der Waals surface area contributed by atoms with Crippen molar-refractivity contribution in [1.82, 2.24) is 0 Å². The molecule has 1 aromatic rings. The van der Waals surface area contributed by atoms with Crippen molar-refractivity contribution in [2.45, 2.75) is 39.7 Å². The number of aromatic carboxylic acids is 1. The number of rotatable bonds is 8. The second-order valence-corrected chi connectivity index (χ2v) is 5.61. The molecule has 0 spiro atoms. The molecule has 1 atom stereocenters. The second-order valence-electron chi connectivity index (χ2n) is 5.61. The summed E-state index contributed by atoms with van der Waals surface area (Å²) in [6.45, 7) is 6.35. The van der Waals surface area contributed by atoms with Gasteiger partial charge >= 0.3 is 5.97 Å². The van der Waals surface area contributed by atoms with Crippen LogP contribution in [0.5, 0.6) is 0 Å². The fourth-order valence-corrected chi connectivity index (χ4v) is 2.05. The molecule has 1 aromatic carbocycles. The normalized spacial score (nSPS) is 12.2. The highest BCUT2D eigenvalue weighted by atomic mass is 19.1. The average Bonchev–Trinajstić information content (AvgIpc) is 2.40. The van der Waals surface area contributed by atoms with Crippen LogP contribution in [0.15, 0.2) is 18.2 Å². The number of carbonyl (C=O) groups is 2. The summed E-state index contributed by atoms with van der Waals surface area (Å²) < 4.78 is 19.1. The van der Waals surface area contributed by atoms with E-state index in [4.69, 9.17) is 9.84 Å². The maximum Gasteiger partial charge on any atom is 0.335 e. The molecule has 1 unspecified atom stereocenters. The van der Waals surface area contributed by atoms with E-state index in [0.717, 1.165) is 24.6 Å². The summed E-state index contributed by atoms with van der Waals surface area (Å²) >= 11 is 0. The molecule has 122 valence electrons. The summed E-state index contributed by atoms with van der Waals surface area (Å²) in [5.74, 6) is -1.76. The molecule has 1 amide bonds. The van der Waals surface area contributed by atoms with Gasteiger partial charge in [-0.3, -0.25) is 4.79 Å². The molecule has 2 N–H and O–H groups in total. The highest BCUT2D eigenvalue weighted by molar-refractivity contribution is 5.94. The van der Waals surface area contributed by atoms with Crippen LogP contribution in [0.3, 0.4) is 0 Å². The summed E-state index contributed by atoms with van der Waals surface area (Å²) in [4.78, 5) is 22.6. The lowest BCUT2D eigenvalue weighted by atomic mass is 10.1. The summed E-state index contributed by atoms with van der Waals surface area (Å²) in [7, 11) is 0. The third-order valence-corrected chi connectivity index (χ3v) is 3.02. The second kappa shape index (κ2) is 8.48. The van der Waals surface area contributed by atoms with Gasteiger partial charge in [0.25, 0.3) is 0 Å². The summed E-state index contributed by atoms with van der Waals surface area (Å²) in [5.41, 5.74) is -0.223. The first-order chi connectivity index (χ1) is 10.3. The van der Waals surface area contributed by atoms with Gasteiger partial charge in [0, 0.05) is 0 Å². The number of carbonyl (C=O) groups excluding carboxylic acids is 1. The minimum Gasteiger partial charge on any atom is -0.478 e. The van der Waals surface area contributed by atoms with Gasteiger partial charge in [-0.25, -0.2) is 9.18 Å². The smallest absolute Gasteiger partial charge is 0.335 e. The van der Waals surface area contributed by atoms with Crippen LogP contribution >= 0.6 is 0 Å². The monoisotopic (exact) mass is 311 g/mol. The fraction of sp³-hybridized carbons (Fsp3) is 0.500. The van der Waals surface area contributed by atoms with Crippen molar-refractivity contribution in [2.75, 3.05) is 11.9 Å². The van der Waals surface area contributed by atoms with Crippen molar-refractivity contribution in [2.24, 2.45) is 5.92 Å². The number of carboxylic acid groups (broad SMARTS) is 1. The van der Waals surface area contributed by atoms with E-state index in [1.807, 2.05) is 6.92 Å². The first-order valence-corrected chi connectivity index (χ1v) is 7.24. The Hall–Kier alpha value is -1.95. The quantitative estimate of drug-likeness (QED) is 0.772. The van der Waals surface area contributed by atoms with E-state index in [0.29, 0.717) is 5.92 Å². The third kappa shape index (κ3) is 6.22. The Morgan fingerprint density at radius 1 is 1.32 bits per heavy atom. The molecule has 0 aliphatic heterocycles. The van der Waals surface area contributed by atoms with E-state index in [1.165, 1.54) is 0 Å². The number of ether oxygens (including phenoxy) is 1. The van der Waals surface area contributed by atoms with Gasteiger partial charge in [0.15, 0.2) is 0 Å². The largest absolute Gasteiger partial charge is 0.478 e. The molecule has 5 nitrogen and oxygen atoms in total. The number of carboxylic acids is 1. The van der Waals surface area contributed by atoms with Gasteiger partial charge in [0.05, 0.1) is 30.4 Å². The summed E-state index contributed by atoms with van der Waals surface area (Å²) in [6, 6.07) is 3.25. The zero-order valence-electron chi connectivity index (χ0n) is 13.1. The number of halogens is 1. The average molecular weight is 311 g/mol. The number of hydrogen-bond acceptors (Lipinski definition) is 3. The van der Waals surface area contributed by atoms with E-state index in [9.17, 15) is 14.0 Å². The Bertz CT molecular complexity index is 531. The van der Waals surface area contributed by atoms with Gasteiger partial charge in [0.2, 0.25) is 5.91 Å². The van der Waals surface area contributed by atoms with Crippen molar-refractivity contribution in [3.63, 3.8) is 0 Å². The van der Waals surface area contributed by atoms with E-state index in [2.05, 4.69) is 19.2 Å². The van der Waals surface area contributed by atoms with E-state index in [-0.39, 0.29) is 30.4 Å². The Morgan fingerprint density at radius 3 is 2.59 bits per heavy atom. The third-order valence-electron chi connectivity index (χ3n) is 3.02. The molecule has 0 aromatic heterocycles. The first kappa shape index (κ1) is 18.1. The van der Waals surface area contributed by atoms with E-state index in [1.54, 1.807) is 0 Å². The molecule has 0 heterocycles. The molecule has 22 heavy (non-hydrogen) atoms. The molecule has 0 saturated heterocycles. The van der Waals surface area contributed by atoms with Crippen molar-refractivity contribution in [3.8, 4) is 0 Å². The van der Waals surface area contributed by atoms with Crippen LogP contribution in [-0.4, -0.2) is 29.7 Å². The van der Waals surface area contributed by atoms with Gasteiger partial charge in [-0.05, 0) is 37.5 Å². The fourth-order valence-electron chi connectivity index (χ4n) is 2.05. The Morgan fingerprint density at radius 2 is 2.00 bits per heavy atom. The SMILES string of the molecule is CC(C)CC(C)OCCC(=O)Nc1cc(C(=O)O)ccc1F. The highest BCUT2D eigenvalue weighted by Crippen LogP contribution is 2.16. The lowest BCUT2D eigenvalue weighted by Gasteiger charge is -2.15. The Balaban J connectivity index is 2.48. The van der Waals surface area contributed by atoms with Crippen LogP contribution in [0.4, 0.5) is 10.1 Å². The number of hydrogen-bond donors (Lipinski definition) is 2. The molecule has 0 saturated carbocycles. The minimum absolute atomic E-state index is 0.0554. The molecule has 1 rings (SSSR count). The standard InChI is InChI=1S/C16H22FNO4/c1-10(2)8-11(3)22-7-6-15(19)18-14-9-12(16(20)21)4-5-13(14)17/h4-5,9-11H,6-8H2,1-3H3,(H,18,19)(H,20,21). The van der Waals surface area contributed by atoms with Crippen LogP contribution in [0.2, 0.25) is 0 Å². The topological polar surface area (TPSA) is 75.6 Å². The number of amides is 1. The van der Waals surface area contributed by atoms with Crippen molar-refractivity contribution in [3.05, 3.63) is 29.6 Å². The van der Waals surface area contributed by atoms with Crippen molar-refractivity contribution >= 4 is 17.6 Å². The predicted octanol–water partition coefficient (Wildman–Crippen LogP) is 3.30. The van der Waals surface area contributed by atoms with Crippen molar-refractivity contribution in [1.29, 1.82) is 0 Å². The lowest BCUT2D eigenvalue weighted by molar-refractivity contribution is -0.117. The van der Waals surface area contributed by atoms with Gasteiger partial charge < -0.3 is 15.2 Å². The number of benzene rings is 1. The lowest BCUT2D eigenvalue weighted by Crippen LogP contribution is -2.18. The summed E-state index contributed by atoms with van der Waals surface area (Å²) in [5, 5.41) is 11.2. The zero-order valence-corrected chi connectivity index (χ0v) is 13.1. The van der Waals surface area contributed by atoms with E-state index >= 15 is 0 Å². The Labute approximate surface area is 129 Å². The van der Waals surface area contributed by atoms with Crippen LogP contribution in [0.25, 0.3) is 0 Å². The first-order valence-electron chi connectivity index (χ1n) is 7.24. The minimum atomic E-state index is -1.18. The maximum absolute atomic E-state index is 13.5. The molecule has 0 aliphatic carbocycles. The van der Waals surface area contributed by atoms with Gasteiger partial charge in [0.1, 0.15) is 5.82 Å². The molecule has 0 aliphatic rings. The van der Waals surface area contributed by atoms with Crippen LogP contribution < -0.4 is 5.32 Å². The van der Waals surface area contributed by atoms with Gasteiger partial charge in [-0.2, -0.15) is 0 Å². The molecular weight excluding hydrogens is 289 g/mol. The van der Waals surface area contributed by atoms with Gasteiger partial charge in [-0.15, -0.1) is 0 Å². The highest BCUT2D eigenvalue weighted by Gasteiger charge is 2.12. The number of nitrogens with one attached hydrogen (secondary N) is 1. The van der Waals surface area contributed by atoms with Crippen molar-refractivity contribution < 1.29 is 23.8 Å². The maximum atomic E-state index is 13.5. The van der Waals surface area contributed by atoms with Crippen LogP contribution in [0, 0.1) is 11.7 Å². The van der Waals surface area contributed by atoms with Gasteiger partial charge in [-0.1, -0.05) is 13.8 Å². The predicted molar refractivity (Wildman–Crippen MR) is 81.5 cm³/mol. The molecule has 0 radical (unpaired) electrons. The zero-order chi connectivity index (χ0) is 16.7.